The third-order valence-electron chi connectivity index (χ3n) is 8.78. The number of nitrogens with zero attached hydrogens (tertiary/aromatic N) is 3. The van der Waals surface area contributed by atoms with E-state index in [0.29, 0.717) is 17.5 Å². The van der Waals surface area contributed by atoms with E-state index >= 15 is 0 Å². The summed E-state index contributed by atoms with van der Waals surface area (Å²) in [6.07, 6.45) is 3.59. The number of nitrogens with one attached hydrogen (secondary N) is 2. The maximum absolute atomic E-state index is 8.73. The van der Waals surface area contributed by atoms with Gasteiger partial charge in [-0.25, -0.2) is 15.0 Å². The average Bonchev–Trinajstić information content (AvgIpc) is 3.51. The molecule has 6 aromatic carbocycles. The van der Waals surface area contributed by atoms with Gasteiger partial charge in [0.2, 0.25) is 0 Å². The predicted octanol–water partition coefficient (Wildman–Crippen LogP) is 10.5. The molecule has 220 valence electrons. The minimum atomic E-state index is 0.203. The highest BCUT2D eigenvalue weighted by atomic mass is 32.1. The Hall–Kier alpha value is -6.11. The molecule has 0 saturated carbocycles. The zero-order valence-electron chi connectivity index (χ0n) is 25.0. The van der Waals surface area contributed by atoms with E-state index in [-0.39, 0.29) is 11.4 Å². The predicted molar refractivity (Wildman–Crippen MR) is 196 cm³/mol. The molecule has 47 heavy (non-hydrogen) atoms. The van der Waals surface area contributed by atoms with Gasteiger partial charge in [0, 0.05) is 42.4 Å². The molecule has 5 nitrogen and oxygen atoms in total. The quantitative estimate of drug-likeness (QED) is 0.205. The Bertz CT molecular complexity index is 2620. The normalized spacial score (nSPS) is 12.7. The molecule has 0 bridgehead atoms. The van der Waals surface area contributed by atoms with E-state index in [0.717, 1.165) is 49.7 Å². The number of allylic oxidation sites excluding steroid dienone is 1. The highest BCUT2D eigenvalue weighted by molar-refractivity contribution is 7.25. The highest BCUT2D eigenvalue weighted by Gasteiger charge is 2.20. The first-order chi connectivity index (χ1) is 23.1. The minimum absolute atomic E-state index is 0.203. The summed E-state index contributed by atoms with van der Waals surface area (Å²) in [4.78, 5) is 15.3. The molecule has 0 unspecified atom stereocenters. The van der Waals surface area contributed by atoms with Gasteiger partial charge in [-0.15, -0.1) is 11.3 Å². The van der Waals surface area contributed by atoms with E-state index in [1.54, 1.807) is 17.4 Å². The largest absolute Gasteiger partial charge is 0.299 e. The van der Waals surface area contributed by atoms with Gasteiger partial charge in [-0.2, -0.15) is 0 Å². The Morgan fingerprint density at radius 1 is 0.468 bits per heavy atom. The van der Waals surface area contributed by atoms with Crippen LogP contribution >= 0.6 is 11.3 Å². The molecule has 0 saturated heterocycles. The Labute approximate surface area is 274 Å². The van der Waals surface area contributed by atoms with Gasteiger partial charge >= 0.3 is 0 Å². The summed E-state index contributed by atoms with van der Waals surface area (Å²) in [5, 5.41) is 21.3. The Morgan fingerprint density at radius 2 is 1.11 bits per heavy atom. The van der Waals surface area contributed by atoms with Gasteiger partial charge < -0.3 is 0 Å². The second kappa shape index (κ2) is 10.8. The van der Waals surface area contributed by atoms with Crippen molar-refractivity contribution in [1.82, 2.24) is 15.0 Å². The van der Waals surface area contributed by atoms with Crippen LogP contribution in [0.5, 0.6) is 0 Å². The Kier molecular flexibility index (Phi) is 6.23. The number of fused-ring (bicyclic) bond motifs is 6. The van der Waals surface area contributed by atoms with Crippen molar-refractivity contribution < 1.29 is 0 Å². The van der Waals surface area contributed by atoms with Gasteiger partial charge in [-0.1, -0.05) is 103 Å². The highest BCUT2D eigenvalue weighted by Crippen LogP contribution is 2.38. The van der Waals surface area contributed by atoms with Crippen LogP contribution in [0.1, 0.15) is 11.1 Å². The number of hydrogen-bond donors (Lipinski definition) is 2. The molecule has 9 rings (SSSR count). The van der Waals surface area contributed by atoms with Gasteiger partial charge in [0.1, 0.15) is 0 Å². The van der Waals surface area contributed by atoms with Crippen LogP contribution in [0, 0.1) is 10.8 Å². The molecule has 1 aliphatic rings. The van der Waals surface area contributed by atoms with Gasteiger partial charge in [-0.05, 0) is 63.9 Å². The monoisotopic (exact) mass is 619 g/mol. The number of rotatable bonds is 4. The maximum atomic E-state index is 8.73. The first kappa shape index (κ1) is 27.2. The fraction of sp³-hybridized carbons (Fsp3) is 0. The van der Waals surface area contributed by atoms with Crippen molar-refractivity contribution in [2.75, 3.05) is 0 Å². The van der Waals surface area contributed by atoms with Crippen LogP contribution in [0.15, 0.2) is 133 Å². The first-order valence-electron chi connectivity index (χ1n) is 15.4. The standard InChI is InChI=1S/C41H25N5S/c42-34-20-18-26-16-14-25-15-17-27(22-32(25)37(26)38(34)43)39-44-40(28-19-21-36-33(23-28)30-11-6-7-13-35(30)47-36)46-41(45-39)31-12-5-4-10-29(31)24-8-2-1-3-9-24/h1-23,42-43H. The first-order valence-corrected chi connectivity index (χ1v) is 16.2. The molecular formula is C41H25N5S. The van der Waals surface area contributed by atoms with Gasteiger partial charge in [0.15, 0.2) is 17.5 Å². The second-order valence-electron chi connectivity index (χ2n) is 11.6. The number of benzene rings is 6. The molecule has 0 amide bonds. The van der Waals surface area contributed by atoms with Crippen LogP contribution < -0.4 is 0 Å². The van der Waals surface area contributed by atoms with E-state index in [1.807, 2.05) is 54.6 Å². The molecule has 0 radical (unpaired) electrons. The van der Waals surface area contributed by atoms with Crippen LogP contribution in [0.4, 0.5) is 0 Å². The summed E-state index contributed by atoms with van der Waals surface area (Å²) >= 11 is 1.79. The topological polar surface area (TPSA) is 86.4 Å². The van der Waals surface area contributed by atoms with Crippen LogP contribution in [-0.2, 0) is 0 Å². The van der Waals surface area contributed by atoms with Crippen LogP contribution in [0.2, 0.25) is 0 Å². The van der Waals surface area contributed by atoms with Gasteiger partial charge in [0.05, 0.1) is 11.4 Å². The summed E-state index contributed by atoms with van der Waals surface area (Å²) in [5.74, 6) is 1.74. The van der Waals surface area contributed by atoms with Crippen molar-refractivity contribution in [1.29, 1.82) is 10.8 Å². The Morgan fingerprint density at radius 3 is 1.94 bits per heavy atom. The lowest BCUT2D eigenvalue weighted by Crippen LogP contribution is -2.16. The lowest BCUT2D eigenvalue weighted by molar-refractivity contribution is 1.08. The summed E-state index contributed by atoms with van der Waals surface area (Å²) in [6.45, 7) is 0. The number of hydrogen-bond acceptors (Lipinski definition) is 6. The molecule has 0 fully saturated rings. The second-order valence-corrected chi connectivity index (χ2v) is 12.7. The maximum Gasteiger partial charge on any atom is 0.164 e. The Balaban J connectivity index is 1.29. The molecule has 6 heteroatoms. The van der Waals surface area contributed by atoms with Crippen LogP contribution in [-0.4, -0.2) is 26.4 Å². The number of aromatic nitrogens is 3. The molecular weight excluding hydrogens is 595 g/mol. The smallest absolute Gasteiger partial charge is 0.164 e. The average molecular weight is 620 g/mol. The van der Waals surface area contributed by atoms with Crippen molar-refractivity contribution in [2.45, 2.75) is 0 Å². The van der Waals surface area contributed by atoms with Crippen molar-refractivity contribution in [3.8, 4) is 45.3 Å². The zero-order chi connectivity index (χ0) is 31.5. The van der Waals surface area contributed by atoms with E-state index in [2.05, 4.69) is 78.9 Å². The van der Waals surface area contributed by atoms with Crippen LogP contribution in [0.3, 0.4) is 0 Å². The molecule has 2 aromatic heterocycles. The molecule has 1 aliphatic carbocycles. The summed E-state index contributed by atoms with van der Waals surface area (Å²) < 4.78 is 2.47. The van der Waals surface area contributed by atoms with Crippen molar-refractivity contribution in [3.05, 3.63) is 145 Å². The summed E-state index contributed by atoms with van der Waals surface area (Å²) in [5.41, 5.74) is 6.90. The van der Waals surface area contributed by atoms with Gasteiger partial charge in [0.25, 0.3) is 0 Å². The summed E-state index contributed by atoms with van der Waals surface area (Å²) in [7, 11) is 0. The van der Waals surface area contributed by atoms with Crippen molar-refractivity contribution in [2.24, 2.45) is 0 Å². The van der Waals surface area contributed by atoms with E-state index in [4.69, 9.17) is 25.8 Å². The van der Waals surface area contributed by atoms with Crippen molar-refractivity contribution in [3.63, 3.8) is 0 Å². The lowest BCUT2D eigenvalue weighted by atomic mass is 9.88. The minimum Gasteiger partial charge on any atom is -0.299 e. The molecule has 0 aliphatic heterocycles. The van der Waals surface area contributed by atoms with E-state index < -0.39 is 0 Å². The lowest BCUT2D eigenvalue weighted by Gasteiger charge is -2.16. The zero-order valence-corrected chi connectivity index (χ0v) is 25.8. The fourth-order valence-electron chi connectivity index (χ4n) is 6.45. The summed E-state index contributed by atoms with van der Waals surface area (Å²) in [6, 6.07) is 43.7. The third-order valence-corrected chi connectivity index (χ3v) is 9.94. The molecule has 2 heterocycles. The number of thiophene rings is 1. The molecule has 8 aromatic rings. The SMILES string of the molecule is N=C1C=Cc2ccc3ccc(-c4nc(-c5ccc6sc7ccccc7c6c5)nc(-c5ccccc5-c5ccccc5)n4)cc3c2C1=N. The van der Waals surface area contributed by atoms with Gasteiger partial charge in [-0.3, -0.25) is 10.8 Å². The van der Waals surface area contributed by atoms with E-state index in [9.17, 15) is 0 Å². The molecule has 2 N–H and O–H groups in total. The molecule has 0 spiro atoms. The van der Waals surface area contributed by atoms with Crippen molar-refractivity contribution >= 4 is 59.8 Å². The van der Waals surface area contributed by atoms with E-state index in [1.165, 1.54) is 20.2 Å². The van der Waals surface area contributed by atoms with Crippen LogP contribution in [0.25, 0.3) is 82.3 Å². The fourth-order valence-corrected chi connectivity index (χ4v) is 7.54. The molecule has 0 atom stereocenters. The third kappa shape index (κ3) is 4.57.